The monoisotopic (exact) mass is 496 g/mol. The molecular weight excluding hydrogens is 471 g/mol. The maximum Gasteiger partial charge on any atom is 0.257 e. The summed E-state index contributed by atoms with van der Waals surface area (Å²) in [6.07, 6.45) is -0.716. The number of aliphatic hydroxyl groups is 1. The van der Waals surface area contributed by atoms with Gasteiger partial charge in [0.25, 0.3) is 5.89 Å². The van der Waals surface area contributed by atoms with Gasteiger partial charge in [-0.2, -0.15) is 4.98 Å². The van der Waals surface area contributed by atoms with Crippen molar-refractivity contribution in [2.45, 2.75) is 12.6 Å². The number of aliphatic hydroxyl groups excluding tert-OH is 1. The molecule has 0 aliphatic carbocycles. The molecule has 4 aromatic rings. The lowest BCUT2D eigenvalue weighted by Gasteiger charge is -2.34. The van der Waals surface area contributed by atoms with Gasteiger partial charge >= 0.3 is 0 Å². The predicted molar refractivity (Wildman–Crippen MR) is 132 cm³/mol. The molecule has 1 N–H and O–H groups in total. The molecule has 1 aliphatic rings. The van der Waals surface area contributed by atoms with Crippen LogP contribution < -0.4 is 4.74 Å². The number of halogens is 2. The highest BCUT2D eigenvalue weighted by Crippen LogP contribution is 2.26. The molecule has 35 heavy (non-hydrogen) atoms. The second-order valence-electron chi connectivity index (χ2n) is 8.66. The zero-order chi connectivity index (χ0) is 24.2. The van der Waals surface area contributed by atoms with E-state index >= 15 is 0 Å². The highest BCUT2D eigenvalue weighted by molar-refractivity contribution is 6.30. The van der Waals surface area contributed by atoms with Crippen LogP contribution in [0.2, 0.25) is 5.02 Å². The molecule has 0 amide bonds. The van der Waals surface area contributed by atoms with Crippen LogP contribution in [0.15, 0.2) is 65.2 Å². The molecule has 0 saturated carbocycles. The second kappa shape index (κ2) is 10.7. The van der Waals surface area contributed by atoms with Gasteiger partial charge in [0.05, 0.1) is 6.54 Å². The Labute approximate surface area is 207 Å². The van der Waals surface area contributed by atoms with Crippen LogP contribution in [-0.2, 0) is 6.54 Å². The summed E-state index contributed by atoms with van der Waals surface area (Å²) in [6, 6.07) is 17.9. The Morgan fingerprint density at radius 3 is 2.54 bits per heavy atom. The SMILES string of the molecule is O[C@H](COc1ccc2ccccc2c1F)CN1CCN(Cc2noc(-c3ccc(Cl)cc3)n2)CC1. The third-order valence-corrected chi connectivity index (χ3v) is 6.37. The van der Waals surface area contributed by atoms with E-state index in [1.54, 1.807) is 30.3 Å². The quantitative estimate of drug-likeness (QED) is 0.391. The highest BCUT2D eigenvalue weighted by atomic mass is 35.5. The molecule has 1 atom stereocenters. The molecule has 5 rings (SSSR count). The van der Waals surface area contributed by atoms with E-state index in [1.807, 2.05) is 30.3 Å². The molecule has 1 aromatic heterocycles. The van der Waals surface area contributed by atoms with Gasteiger partial charge < -0.3 is 14.4 Å². The van der Waals surface area contributed by atoms with Crippen LogP contribution in [0.5, 0.6) is 5.75 Å². The van der Waals surface area contributed by atoms with Gasteiger partial charge in [0.1, 0.15) is 12.7 Å². The van der Waals surface area contributed by atoms with Crippen LogP contribution in [0.25, 0.3) is 22.2 Å². The Kier molecular flexibility index (Phi) is 7.24. The van der Waals surface area contributed by atoms with E-state index in [0.717, 1.165) is 37.1 Å². The van der Waals surface area contributed by atoms with Crippen molar-refractivity contribution in [3.63, 3.8) is 0 Å². The van der Waals surface area contributed by atoms with Crippen LogP contribution in [0, 0.1) is 5.82 Å². The lowest BCUT2D eigenvalue weighted by molar-refractivity contribution is 0.0432. The molecule has 3 aromatic carbocycles. The van der Waals surface area contributed by atoms with E-state index in [4.69, 9.17) is 20.9 Å². The van der Waals surface area contributed by atoms with Crippen LogP contribution in [0.1, 0.15) is 5.82 Å². The average molecular weight is 497 g/mol. The maximum absolute atomic E-state index is 14.7. The number of aromatic nitrogens is 2. The van der Waals surface area contributed by atoms with Crippen LogP contribution in [-0.4, -0.2) is 70.5 Å². The van der Waals surface area contributed by atoms with Crippen molar-refractivity contribution in [2.24, 2.45) is 0 Å². The van der Waals surface area contributed by atoms with E-state index < -0.39 is 11.9 Å². The average Bonchev–Trinajstić information content (AvgIpc) is 3.34. The van der Waals surface area contributed by atoms with Crippen LogP contribution in [0.4, 0.5) is 4.39 Å². The number of ether oxygens (including phenoxy) is 1. The van der Waals surface area contributed by atoms with Crippen LogP contribution in [0.3, 0.4) is 0 Å². The Morgan fingerprint density at radius 2 is 1.74 bits per heavy atom. The maximum atomic E-state index is 14.7. The smallest absolute Gasteiger partial charge is 0.257 e. The van der Waals surface area contributed by atoms with E-state index in [1.165, 1.54) is 0 Å². The van der Waals surface area contributed by atoms with Gasteiger partial charge in [-0.25, -0.2) is 4.39 Å². The van der Waals surface area contributed by atoms with Crippen molar-refractivity contribution >= 4 is 22.4 Å². The van der Waals surface area contributed by atoms with Gasteiger partial charge in [0.15, 0.2) is 17.4 Å². The van der Waals surface area contributed by atoms with Crippen molar-refractivity contribution in [3.05, 3.63) is 77.3 Å². The zero-order valence-corrected chi connectivity index (χ0v) is 19.9. The first-order valence-corrected chi connectivity index (χ1v) is 11.9. The van der Waals surface area contributed by atoms with Crippen LogP contribution >= 0.6 is 11.6 Å². The van der Waals surface area contributed by atoms with Gasteiger partial charge in [-0.3, -0.25) is 9.80 Å². The van der Waals surface area contributed by atoms with E-state index in [2.05, 4.69) is 19.9 Å². The molecule has 7 nitrogen and oxygen atoms in total. The minimum Gasteiger partial charge on any atom is -0.488 e. The molecule has 0 radical (unpaired) electrons. The number of rotatable bonds is 8. The van der Waals surface area contributed by atoms with Gasteiger partial charge in [-0.05, 0) is 35.7 Å². The van der Waals surface area contributed by atoms with Gasteiger partial charge in [0, 0.05) is 48.7 Å². The number of hydrogen-bond donors (Lipinski definition) is 1. The Balaban J connectivity index is 1.07. The Hall–Kier alpha value is -3.04. The van der Waals surface area contributed by atoms with Gasteiger partial charge in [-0.1, -0.05) is 47.1 Å². The lowest BCUT2D eigenvalue weighted by Crippen LogP contribution is -2.48. The summed E-state index contributed by atoms with van der Waals surface area (Å²) in [5.74, 6) is 0.866. The topological polar surface area (TPSA) is 74.9 Å². The van der Waals surface area contributed by atoms with E-state index in [9.17, 15) is 9.50 Å². The normalized spacial score (nSPS) is 16.0. The zero-order valence-electron chi connectivity index (χ0n) is 19.1. The molecular formula is C26H26ClFN4O3. The van der Waals surface area contributed by atoms with E-state index in [0.29, 0.717) is 35.2 Å². The number of fused-ring (bicyclic) bond motifs is 1. The molecule has 1 saturated heterocycles. The summed E-state index contributed by atoms with van der Waals surface area (Å²) in [5, 5.41) is 16.5. The van der Waals surface area contributed by atoms with Crippen molar-refractivity contribution in [3.8, 4) is 17.2 Å². The fourth-order valence-electron chi connectivity index (χ4n) is 4.22. The lowest BCUT2D eigenvalue weighted by atomic mass is 10.1. The number of hydrogen-bond acceptors (Lipinski definition) is 7. The molecule has 9 heteroatoms. The fourth-order valence-corrected chi connectivity index (χ4v) is 4.35. The second-order valence-corrected chi connectivity index (χ2v) is 9.10. The van der Waals surface area contributed by atoms with Gasteiger partial charge in [0.2, 0.25) is 0 Å². The number of piperazine rings is 1. The first-order chi connectivity index (χ1) is 17.0. The van der Waals surface area contributed by atoms with Gasteiger partial charge in [-0.15, -0.1) is 0 Å². The Bertz CT molecular complexity index is 1280. The molecule has 0 bridgehead atoms. The molecule has 0 unspecified atom stereocenters. The summed E-state index contributed by atoms with van der Waals surface area (Å²) in [4.78, 5) is 8.92. The highest BCUT2D eigenvalue weighted by Gasteiger charge is 2.21. The summed E-state index contributed by atoms with van der Waals surface area (Å²) in [7, 11) is 0. The van der Waals surface area contributed by atoms with Crippen molar-refractivity contribution in [1.82, 2.24) is 19.9 Å². The third-order valence-electron chi connectivity index (χ3n) is 6.12. The predicted octanol–water partition coefficient (Wildman–Crippen LogP) is 4.24. The summed E-state index contributed by atoms with van der Waals surface area (Å²) in [5.41, 5.74) is 0.831. The van der Waals surface area contributed by atoms with Crippen molar-refractivity contribution in [1.29, 1.82) is 0 Å². The molecule has 182 valence electrons. The van der Waals surface area contributed by atoms with Crippen molar-refractivity contribution < 1.29 is 18.8 Å². The number of β-amino-alcohol motifs (C(OH)–C–C–N with tert-alkyl or cyclic N) is 1. The number of nitrogens with zero attached hydrogens (tertiary/aromatic N) is 4. The molecule has 0 spiro atoms. The Morgan fingerprint density at radius 1 is 1.00 bits per heavy atom. The summed E-state index contributed by atoms with van der Waals surface area (Å²) in [6.45, 7) is 4.32. The third kappa shape index (κ3) is 5.79. The molecule has 1 aliphatic heterocycles. The van der Waals surface area contributed by atoms with E-state index in [-0.39, 0.29) is 12.4 Å². The fraction of sp³-hybridized carbons (Fsp3) is 0.308. The van der Waals surface area contributed by atoms with Crippen molar-refractivity contribution in [2.75, 3.05) is 39.3 Å². The minimum absolute atomic E-state index is 0.0335. The summed E-state index contributed by atoms with van der Waals surface area (Å²) >= 11 is 5.93. The first kappa shape index (κ1) is 23.7. The largest absolute Gasteiger partial charge is 0.488 e. The standard InChI is InChI=1S/C26H26ClFN4O3/c27-20-8-5-19(6-9-20)26-29-24(30-35-26)16-32-13-11-31(12-14-32)15-21(33)17-34-23-10-7-18-3-1-2-4-22(18)25(23)28/h1-10,21,33H,11-17H2/t21-/m0/s1. The molecule has 1 fully saturated rings. The summed E-state index contributed by atoms with van der Waals surface area (Å²) < 4.78 is 25.7. The minimum atomic E-state index is -0.716. The number of benzene rings is 3. The molecule has 2 heterocycles. The first-order valence-electron chi connectivity index (χ1n) is 11.6.